The molecule has 0 fully saturated rings. The highest BCUT2D eigenvalue weighted by Crippen LogP contribution is 2.27. The Morgan fingerprint density at radius 1 is 1.08 bits per heavy atom. The lowest BCUT2D eigenvalue weighted by Gasteiger charge is -2.17. The molecule has 0 radical (unpaired) electrons. The van der Waals surface area contributed by atoms with Crippen LogP contribution in [0, 0.1) is 0 Å². The molecule has 5 nitrogen and oxygen atoms in total. The van der Waals surface area contributed by atoms with Crippen molar-refractivity contribution < 1.29 is 13.2 Å². The van der Waals surface area contributed by atoms with Crippen molar-refractivity contribution in [1.29, 1.82) is 0 Å². The van der Waals surface area contributed by atoms with Crippen molar-refractivity contribution >= 4 is 21.6 Å². The Kier molecular flexibility index (Phi) is 4.69. The molecular formula is C18H20N2O3S. The summed E-state index contributed by atoms with van der Waals surface area (Å²) in [7, 11) is -3.56. The molecule has 0 unspecified atom stereocenters. The maximum atomic E-state index is 12.3. The van der Waals surface area contributed by atoms with Crippen LogP contribution in [0.5, 0.6) is 0 Å². The molecule has 0 aliphatic carbocycles. The first kappa shape index (κ1) is 16.7. The van der Waals surface area contributed by atoms with Gasteiger partial charge in [0.1, 0.15) is 0 Å². The lowest BCUT2D eigenvalue weighted by atomic mass is 10.2. The minimum atomic E-state index is -3.56. The number of carbonyl (C=O) groups excluding carboxylic acids is 1. The third-order valence-corrected chi connectivity index (χ3v) is 5.67. The van der Waals surface area contributed by atoms with Crippen LogP contribution >= 0.6 is 0 Å². The summed E-state index contributed by atoms with van der Waals surface area (Å²) >= 11 is 0. The topological polar surface area (TPSA) is 66.5 Å². The Labute approximate surface area is 142 Å². The van der Waals surface area contributed by atoms with E-state index in [1.807, 2.05) is 43.3 Å². The van der Waals surface area contributed by atoms with Crippen molar-refractivity contribution in [1.82, 2.24) is 4.72 Å². The van der Waals surface area contributed by atoms with E-state index in [1.165, 1.54) is 0 Å². The van der Waals surface area contributed by atoms with Gasteiger partial charge >= 0.3 is 0 Å². The molecule has 0 saturated heterocycles. The molecule has 0 aromatic heterocycles. The maximum Gasteiger partial charge on any atom is 0.240 e. The molecule has 0 bridgehead atoms. The van der Waals surface area contributed by atoms with E-state index < -0.39 is 10.0 Å². The first-order chi connectivity index (χ1) is 11.5. The Morgan fingerprint density at radius 2 is 1.79 bits per heavy atom. The van der Waals surface area contributed by atoms with Gasteiger partial charge in [0, 0.05) is 18.8 Å². The van der Waals surface area contributed by atoms with Crippen LogP contribution in [0.4, 0.5) is 5.69 Å². The zero-order valence-electron chi connectivity index (χ0n) is 13.5. The van der Waals surface area contributed by atoms with Gasteiger partial charge in [-0.05, 0) is 35.7 Å². The number of nitrogens with one attached hydrogen (secondary N) is 1. The highest BCUT2D eigenvalue weighted by Gasteiger charge is 2.26. The number of hydrogen-bond acceptors (Lipinski definition) is 3. The van der Waals surface area contributed by atoms with Crippen LogP contribution in [0.1, 0.15) is 18.1 Å². The van der Waals surface area contributed by atoms with Crippen molar-refractivity contribution in [2.24, 2.45) is 0 Å². The monoisotopic (exact) mass is 344 g/mol. The fourth-order valence-electron chi connectivity index (χ4n) is 2.84. The Hall–Kier alpha value is -2.18. The minimum Gasteiger partial charge on any atom is -0.311 e. The molecular weight excluding hydrogens is 324 g/mol. The molecule has 1 amide bonds. The van der Waals surface area contributed by atoms with Gasteiger partial charge in [0.2, 0.25) is 15.9 Å². The average molecular weight is 344 g/mol. The Morgan fingerprint density at radius 3 is 2.50 bits per heavy atom. The molecule has 0 spiro atoms. The second-order valence-electron chi connectivity index (χ2n) is 5.75. The number of amides is 1. The van der Waals surface area contributed by atoms with Crippen molar-refractivity contribution in [3.05, 3.63) is 59.7 Å². The van der Waals surface area contributed by atoms with E-state index in [0.29, 0.717) is 13.0 Å². The Bertz CT molecular complexity index is 845. The second kappa shape index (κ2) is 6.75. The number of aryl methyl sites for hydroxylation is 1. The zero-order chi connectivity index (χ0) is 17.2. The third kappa shape index (κ3) is 3.34. The number of para-hydroxylation sites is 1. The van der Waals surface area contributed by atoms with Gasteiger partial charge in [-0.25, -0.2) is 13.1 Å². The normalized spacial score (nSPS) is 14.0. The van der Waals surface area contributed by atoms with Crippen molar-refractivity contribution in [3.63, 3.8) is 0 Å². The van der Waals surface area contributed by atoms with Crippen LogP contribution in [0.2, 0.25) is 0 Å². The molecule has 3 rings (SSSR count). The number of benzene rings is 2. The van der Waals surface area contributed by atoms with Crippen LogP contribution in [-0.4, -0.2) is 27.4 Å². The summed E-state index contributed by atoms with van der Waals surface area (Å²) in [6, 6.07) is 14.4. The number of anilines is 1. The van der Waals surface area contributed by atoms with Crippen molar-refractivity contribution in [2.45, 2.75) is 24.7 Å². The van der Waals surface area contributed by atoms with Crippen molar-refractivity contribution in [3.8, 4) is 0 Å². The largest absolute Gasteiger partial charge is 0.311 e. The molecule has 6 heteroatoms. The molecule has 0 atom stereocenters. The van der Waals surface area contributed by atoms with E-state index in [1.54, 1.807) is 17.0 Å². The molecule has 24 heavy (non-hydrogen) atoms. The molecule has 1 aliphatic rings. The van der Waals surface area contributed by atoms with Gasteiger partial charge < -0.3 is 4.90 Å². The highest BCUT2D eigenvalue weighted by atomic mass is 32.2. The van der Waals surface area contributed by atoms with Gasteiger partial charge in [-0.1, -0.05) is 37.3 Å². The summed E-state index contributed by atoms with van der Waals surface area (Å²) in [6.45, 7) is 2.52. The van der Waals surface area contributed by atoms with Crippen LogP contribution in [-0.2, 0) is 27.7 Å². The fourth-order valence-corrected chi connectivity index (χ4v) is 3.86. The number of rotatable bonds is 6. The second-order valence-corrected chi connectivity index (χ2v) is 7.51. The molecule has 126 valence electrons. The summed E-state index contributed by atoms with van der Waals surface area (Å²) < 4.78 is 27.2. The van der Waals surface area contributed by atoms with Gasteiger partial charge in [0.25, 0.3) is 0 Å². The molecule has 2 aromatic carbocycles. The van der Waals surface area contributed by atoms with Gasteiger partial charge in [0.05, 0.1) is 11.3 Å². The zero-order valence-corrected chi connectivity index (χ0v) is 14.3. The quantitative estimate of drug-likeness (QED) is 0.873. The number of carbonyl (C=O) groups is 1. The molecule has 0 saturated carbocycles. The summed E-state index contributed by atoms with van der Waals surface area (Å²) in [5.41, 5.74) is 2.95. The fraction of sp³-hybridized carbons (Fsp3) is 0.278. The highest BCUT2D eigenvalue weighted by molar-refractivity contribution is 7.89. The van der Waals surface area contributed by atoms with E-state index in [9.17, 15) is 13.2 Å². The minimum absolute atomic E-state index is 0.00250. The predicted octanol–water partition coefficient (Wildman–Crippen LogP) is 2.12. The summed E-state index contributed by atoms with van der Waals surface area (Å²) in [5.74, 6) is 0.00250. The third-order valence-electron chi connectivity index (χ3n) is 4.19. The van der Waals surface area contributed by atoms with E-state index >= 15 is 0 Å². The molecule has 1 N–H and O–H groups in total. The molecule has 1 aliphatic heterocycles. The molecule has 2 aromatic rings. The smallest absolute Gasteiger partial charge is 0.240 e. The van der Waals surface area contributed by atoms with Crippen molar-refractivity contribution in [2.75, 3.05) is 18.0 Å². The summed E-state index contributed by atoms with van der Waals surface area (Å²) in [6.07, 6.45) is 1.24. The van der Waals surface area contributed by atoms with Crippen LogP contribution in [0.25, 0.3) is 0 Å². The van der Waals surface area contributed by atoms with Crippen LogP contribution in [0.15, 0.2) is 53.4 Å². The standard InChI is InChI=1S/C18H20N2O3S/c1-2-14-7-9-16(10-8-14)24(22,23)19-11-12-20-17-6-4-3-5-15(17)13-18(20)21/h3-10,19H,2,11-13H2,1H3. The van der Waals surface area contributed by atoms with Gasteiger partial charge in [-0.15, -0.1) is 0 Å². The van der Waals surface area contributed by atoms with E-state index in [-0.39, 0.29) is 17.3 Å². The van der Waals surface area contributed by atoms with Crippen LogP contribution < -0.4 is 9.62 Å². The van der Waals surface area contributed by atoms with Gasteiger partial charge in [-0.3, -0.25) is 4.79 Å². The average Bonchev–Trinajstić information content (AvgIpc) is 2.90. The Balaban J connectivity index is 1.64. The number of nitrogens with zero attached hydrogens (tertiary/aromatic N) is 1. The maximum absolute atomic E-state index is 12.3. The van der Waals surface area contributed by atoms with Gasteiger partial charge in [-0.2, -0.15) is 0 Å². The van der Waals surface area contributed by atoms with Crippen LogP contribution in [0.3, 0.4) is 0 Å². The number of fused-ring (bicyclic) bond motifs is 1. The SMILES string of the molecule is CCc1ccc(S(=O)(=O)NCCN2C(=O)Cc3ccccc32)cc1. The predicted molar refractivity (Wildman–Crippen MR) is 93.5 cm³/mol. The summed E-state index contributed by atoms with van der Waals surface area (Å²) in [4.78, 5) is 14.0. The van der Waals surface area contributed by atoms with E-state index in [0.717, 1.165) is 23.2 Å². The first-order valence-electron chi connectivity index (χ1n) is 7.98. The van der Waals surface area contributed by atoms with Gasteiger partial charge in [0.15, 0.2) is 0 Å². The lowest BCUT2D eigenvalue weighted by molar-refractivity contribution is -0.117. The summed E-state index contributed by atoms with van der Waals surface area (Å²) in [5, 5.41) is 0. The number of sulfonamides is 1. The molecule has 1 heterocycles. The van der Waals surface area contributed by atoms with E-state index in [4.69, 9.17) is 0 Å². The van der Waals surface area contributed by atoms with E-state index in [2.05, 4.69) is 4.72 Å². The first-order valence-corrected chi connectivity index (χ1v) is 9.46. The lowest BCUT2D eigenvalue weighted by Crippen LogP contribution is -2.36. The number of hydrogen-bond donors (Lipinski definition) is 1.